The summed E-state index contributed by atoms with van der Waals surface area (Å²) >= 11 is 7.33. The molecule has 176 valence electrons. The minimum absolute atomic E-state index is 0.0424. The maximum atomic E-state index is 12.5. The van der Waals surface area contributed by atoms with Crippen molar-refractivity contribution in [3.8, 4) is 17.6 Å². The minimum atomic E-state index is -0.535. The van der Waals surface area contributed by atoms with Crippen LogP contribution in [0.15, 0.2) is 48.0 Å². The van der Waals surface area contributed by atoms with Crippen molar-refractivity contribution in [2.24, 2.45) is 5.92 Å². The van der Waals surface area contributed by atoms with Crippen LogP contribution in [-0.4, -0.2) is 29.3 Å². The molecule has 2 aromatic carbocycles. The van der Waals surface area contributed by atoms with E-state index in [1.807, 2.05) is 25.1 Å². The van der Waals surface area contributed by atoms with Crippen LogP contribution in [0.2, 0.25) is 5.02 Å². The molecule has 0 atom stereocenters. The van der Waals surface area contributed by atoms with Gasteiger partial charge in [0.2, 0.25) is 5.13 Å². The Labute approximate surface area is 208 Å². The highest BCUT2D eigenvalue weighted by Crippen LogP contribution is 2.22. The van der Waals surface area contributed by atoms with E-state index in [9.17, 15) is 10.1 Å². The zero-order chi connectivity index (χ0) is 24.5. The molecule has 0 unspecified atom stereocenters. The number of nitrogens with one attached hydrogen (secondary N) is 1. The number of halogens is 1. The average molecular weight is 497 g/mol. The van der Waals surface area contributed by atoms with Gasteiger partial charge in [0.05, 0.1) is 0 Å². The third-order valence-electron chi connectivity index (χ3n) is 4.55. The molecule has 1 N–H and O–H groups in total. The topological polar surface area (TPSA) is 97.1 Å². The number of aromatic nitrogens is 2. The lowest BCUT2D eigenvalue weighted by Gasteiger charge is -2.10. The lowest BCUT2D eigenvalue weighted by Crippen LogP contribution is -2.13. The van der Waals surface area contributed by atoms with Crippen LogP contribution in [0.25, 0.3) is 6.08 Å². The van der Waals surface area contributed by atoms with Crippen molar-refractivity contribution in [2.75, 3.05) is 18.5 Å². The van der Waals surface area contributed by atoms with Crippen molar-refractivity contribution in [3.63, 3.8) is 0 Å². The highest BCUT2D eigenvalue weighted by Gasteiger charge is 2.13. The Balaban J connectivity index is 1.56. The van der Waals surface area contributed by atoms with Crippen molar-refractivity contribution < 1.29 is 14.3 Å². The van der Waals surface area contributed by atoms with Crippen molar-refractivity contribution in [2.45, 2.75) is 27.2 Å². The molecule has 0 saturated heterocycles. The van der Waals surface area contributed by atoms with Gasteiger partial charge in [-0.05, 0) is 60.4 Å². The van der Waals surface area contributed by atoms with E-state index in [0.717, 1.165) is 22.7 Å². The summed E-state index contributed by atoms with van der Waals surface area (Å²) in [7, 11) is 0. The maximum Gasteiger partial charge on any atom is 0.268 e. The highest BCUT2D eigenvalue weighted by atomic mass is 35.5. The number of ether oxygens (including phenoxy) is 2. The number of aryl methyl sites for hydroxylation is 1. The normalized spacial score (nSPS) is 11.2. The summed E-state index contributed by atoms with van der Waals surface area (Å²) in [5.41, 5.74) is 1.56. The van der Waals surface area contributed by atoms with Gasteiger partial charge >= 0.3 is 0 Å². The van der Waals surface area contributed by atoms with Crippen LogP contribution in [0.3, 0.4) is 0 Å². The summed E-state index contributed by atoms with van der Waals surface area (Å²) in [5, 5.41) is 22.1. The lowest BCUT2D eigenvalue weighted by atomic mass is 10.1. The van der Waals surface area contributed by atoms with Gasteiger partial charge in [-0.25, -0.2) is 0 Å². The number of carbonyl (C=O) groups excluding carboxylic acids is 1. The van der Waals surface area contributed by atoms with E-state index in [1.165, 1.54) is 17.4 Å². The Morgan fingerprint density at radius 1 is 1.18 bits per heavy atom. The summed E-state index contributed by atoms with van der Waals surface area (Å²) < 4.78 is 11.4. The first-order chi connectivity index (χ1) is 16.3. The summed E-state index contributed by atoms with van der Waals surface area (Å²) in [4.78, 5) is 12.5. The number of rotatable bonds is 10. The van der Waals surface area contributed by atoms with E-state index in [-0.39, 0.29) is 5.57 Å². The molecule has 0 bridgehead atoms. The number of nitrogens with zero attached hydrogens (tertiary/aromatic N) is 3. The molecule has 34 heavy (non-hydrogen) atoms. The molecule has 9 heteroatoms. The maximum absolute atomic E-state index is 12.5. The van der Waals surface area contributed by atoms with Crippen LogP contribution < -0.4 is 14.8 Å². The van der Waals surface area contributed by atoms with Crippen molar-refractivity contribution in [3.05, 3.63) is 69.2 Å². The number of hydrogen-bond donors (Lipinski definition) is 1. The number of hydrogen-bond acceptors (Lipinski definition) is 7. The highest BCUT2D eigenvalue weighted by molar-refractivity contribution is 7.15. The molecule has 0 spiro atoms. The third kappa shape index (κ3) is 7.58. The van der Waals surface area contributed by atoms with Gasteiger partial charge < -0.3 is 9.47 Å². The Hall–Kier alpha value is -3.41. The molecule has 0 saturated carbocycles. The summed E-state index contributed by atoms with van der Waals surface area (Å²) in [5.74, 6) is 1.23. The van der Waals surface area contributed by atoms with Crippen molar-refractivity contribution in [1.29, 1.82) is 5.26 Å². The largest absolute Gasteiger partial charge is 0.490 e. The fourth-order valence-corrected chi connectivity index (χ4v) is 4.00. The van der Waals surface area contributed by atoms with Crippen LogP contribution in [0, 0.1) is 24.2 Å². The molecule has 1 aromatic heterocycles. The third-order valence-corrected chi connectivity index (χ3v) is 5.84. The van der Waals surface area contributed by atoms with Crippen LogP contribution >= 0.6 is 22.9 Å². The summed E-state index contributed by atoms with van der Waals surface area (Å²) in [6.45, 7) is 6.77. The van der Waals surface area contributed by atoms with E-state index in [4.69, 9.17) is 21.1 Å². The number of anilines is 1. The zero-order valence-electron chi connectivity index (χ0n) is 19.2. The second-order valence-corrected chi connectivity index (χ2v) is 9.37. The molecule has 0 aliphatic heterocycles. The predicted molar refractivity (Wildman–Crippen MR) is 134 cm³/mol. The molecular formula is C25H25ClN4O3S. The molecule has 3 aromatic rings. The number of benzene rings is 2. The molecule has 0 fully saturated rings. The minimum Gasteiger partial charge on any atom is -0.490 e. The SMILES string of the molecule is Cc1cc(OCCOc2cccc(/C=C(/C#N)C(=O)Nc3nnc(CC(C)C)s3)c2)ccc1Cl. The average Bonchev–Trinajstić information content (AvgIpc) is 3.23. The number of amides is 1. The van der Waals surface area contributed by atoms with Crippen molar-refractivity contribution in [1.82, 2.24) is 10.2 Å². The molecule has 0 aliphatic rings. The molecule has 0 aliphatic carbocycles. The molecule has 0 radical (unpaired) electrons. The zero-order valence-corrected chi connectivity index (χ0v) is 20.7. The van der Waals surface area contributed by atoms with Gasteiger partial charge in [0, 0.05) is 11.4 Å². The molecule has 7 nitrogen and oxygen atoms in total. The molecule has 3 rings (SSSR count). The lowest BCUT2D eigenvalue weighted by molar-refractivity contribution is -0.112. The smallest absolute Gasteiger partial charge is 0.268 e. The standard InChI is InChI=1S/C25H25ClN4O3S/c1-16(2)11-23-29-30-25(34-23)28-24(31)19(15-27)13-18-5-4-6-20(14-18)32-9-10-33-21-7-8-22(26)17(3)12-21/h4-8,12-14,16H,9-11H2,1-3H3,(H,28,30,31)/b19-13-. The second-order valence-electron chi connectivity index (χ2n) is 7.90. The monoisotopic (exact) mass is 496 g/mol. The van der Waals surface area contributed by atoms with Gasteiger partial charge in [0.1, 0.15) is 41.4 Å². The van der Waals surface area contributed by atoms with Gasteiger partial charge in [-0.2, -0.15) is 5.26 Å². The first kappa shape index (κ1) is 25.2. The second kappa shape index (κ2) is 12.2. The van der Waals surface area contributed by atoms with E-state index in [0.29, 0.717) is 40.6 Å². The van der Waals surface area contributed by atoms with Gasteiger partial charge in [0.15, 0.2) is 0 Å². The Bertz CT molecular complexity index is 1220. The van der Waals surface area contributed by atoms with Gasteiger partial charge in [-0.3, -0.25) is 10.1 Å². The first-order valence-electron chi connectivity index (χ1n) is 10.7. The fraction of sp³-hybridized carbons (Fsp3) is 0.280. The fourth-order valence-electron chi connectivity index (χ4n) is 2.94. The van der Waals surface area contributed by atoms with Crippen LogP contribution in [-0.2, 0) is 11.2 Å². The Morgan fingerprint density at radius 3 is 2.59 bits per heavy atom. The molecular weight excluding hydrogens is 472 g/mol. The van der Waals surface area contributed by atoms with Gasteiger partial charge in [-0.1, -0.05) is 48.9 Å². The molecule has 1 heterocycles. The summed E-state index contributed by atoms with van der Waals surface area (Å²) in [6, 6.07) is 14.5. The van der Waals surface area contributed by atoms with Gasteiger partial charge in [0.25, 0.3) is 5.91 Å². The quantitative estimate of drug-likeness (QED) is 0.219. The number of nitriles is 1. The first-order valence-corrected chi connectivity index (χ1v) is 11.9. The molecule has 1 amide bonds. The van der Waals surface area contributed by atoms with E-state index in [1.54, 1.807) is 30.3 Å². The number of carbonyl (C=O) groups is 1. The van der Waals surface area contributed by atoms with E-state index in [2.05, 4.69) is 29.4 Å². The summed E-state index contributed by atoms with van der Waals surface area (Å²) in [6.07, 6.45) is 2.29. The van der Waals surface area contributed by atoms with E-state index < -0.39 is 5.91 Å². The van der Waals surface area contributed by atoms with Crippen LogP contribution in [0.4, 0.5) is 5.13 Å². The van der Waals surface area contributed by atoms with Gasteiger partial charge in [-0.15, -0.1) is 10.2 Å². The van der Waals surface area contributed by atoms with E-state index >= 15 is 0 Å². The Morgan fingerprint density at radius 2 is 1.91 bits per heavy atom. The van der Waals surface area contributed by atoms with Crippen LogP contribution in [0.1, 0.15) is 30.0 Å². The Kier molecular flexibility index (Phi) is 9.02. The predicted octanol–water partition coefficient (Wildman–Crippen LogP) is 5.70. The van der Waals surface area contributed by atoms with Crippen molar-refractivity contribution >= 4 is 40.1 Å². The van der Waals surface area contributed by atoms with Crippen LogP contribution in [0.5, 0.6) is 11.5 Å².